The Labute approximate surface area is 77.5 Å². The molecule has 13 heavy (non-hydrogen) atoms. The number of methoxy groups -OCH3 is 1. The van der Waals surface area contributed by atoms with E-state index in [1.54, 1.807) is 14.0 Å². The molecular weight excluding hydrogens is 170 g/mol. The molecule has 0 aromatic heterocycles. The van der Waals surface area contributed by atoms with Gasteiger partial charge in [0.05, 0.1) is 18.9 Å². The Kier molecular flexibility index (Phi) is 3.33. The Bertz CT molecular complexity index is 252. The molecule has 4 heteroatoms. The van der Waals surface area contributed by atoms with Gasteiger partial charge in [0.1, 0.15) is 5.76 Å². The predicted molar refractivity (Wildman–Crippen MR) is 49.3 cm³/mol. The van der Waals surface area contributed by atoms with Gasteiger partial charge in [-0.05, 0) is 12.5 Å². The van der Waals surface area contributed by atoms with Gasteiger partial charge in [-0.3, -0.25) is 0 Å². The van der Waals surface area contributed by atoms with Crippen LogP contribution in [0.3, 0.4) is 0 Å². The summed E-state index contributed by atoms with van der Waals surface area (Å²) in [5, 5.41) is 21.6. The van der Waals surface area contributed by atoms with Gasteiger partial charge in [0.2, 0.25) is 0 Å². The Morgan fingerprint density at radius 1 is 1.54 bits per heavy atom. The number of nitrogens with one attached hydrogen (secondary N) is 1. The number of aliphatic hydroxyl groups is 2. The quantitative estimate of drug-likeness (QED) is 0.592. The maximum atomic E-state index is 9.58. The van der Waals surface area contributed by atoms with Gasteiger partial charge in [-0.15, -0.1) is 0 Å². The number of aliphatic hydroxyl groups excluding tert-OH is 2. The van der Waals surface area contributed by atoms with E-state index in [4.69, 9.17) is 9.84 Å². The van der Waals surface area contributed by atoms with Crippen LogP contribution < -0.4 is 5.32 Å². The molecule has 0 atom stereocenters. The average molecular weight is 185 g/mol. The highest BCUT2D eigenvalue weighted by Crippen LogP contribution is 2.19. The van der Waals surface area contributed by atoms with E-state index in [2.05, 4.69) is 5.32 Å². The van der Waals surface area contributed by atoms with Gasteiger partial charge >= 0.3 is 0 Å². The van der Waals surface area contributed by atoms with Crippen molar-refractivity contribution >= 4 is 0 Å². The molecule has 1 heterocycles. The van der Waals surface area contributed by atoms with E-state index in [0.717, 1.165) is 5.57 Å². The van der Waals surface area contributed by atoms with Gasteiger partial charge in [0.25, 0.3) is 0 Å². The first kappa shape index (κ1) is 10.1. The monoisotopic (exact) mass is 185 g/mol. The number of dihydropyridines is 1. The molecule has 0 saturated carbocycles. The van der Waals surface area contributed by atoms with E-state index >= 15 is 0 Å². The number of allylic oxidation sites excluding steroid dienone is 1. The molecule has 0 unspecified atom stereocenters. The topological polar surface area (TPSA) is 61.7 Å². The van der Waals surface area contributed by atoms with Crippen LogP contribution in [-0.2, 0) is 4.74 Å². The molecule has 0 saturated heterocycles. The van der Waals surface area contributed by atoms with Gasteiger partial charge in [0.15, 0.2) is 0 Å². The molecule has 0 aromatic rings. The van der Waals surface area contributed by atoms with Crippen LogP contribution >= 0.6 is 0 Å². The van der Waals surface area contributed by atoms with Crippen LogP contribution in [0.25, 0.3) is 0 Å². The van der Waals surface area contributed by atoms with Crippen molar-refractivity contribution in [1.82, 2.24) is 5.32 Å². The lowest BCUT2D eigenvalue weighted by atomic mass is 10.0. The second kappa shape index (κ2) is 4.30. The molecule has 4 nitrogen and oxygen atoms in total. The molecular formula is C9H15NO3. The summed E-state index contributed by atoms with van der Waals surface area (Å²) in [4.78, 5) is 0. The van der Waals surface area contributed by atoms with Crippen LogP contribution in [0.4, 0.5) is 0 Å². The minimum atomic E-state index is -0.149. The average Bonchev–Trinajstić information content (AvgIpc) is 2.12. The smallest absolute Gasteiger partial charge is 0.139 e. The second-order valence-corrected chi connectivity index (χ2v) is 3.00. The Balaban J connectivity index is 2.94. The fourth-order valence-corrected chi connectivity index (χ4v) is 1.32. The van der Waals surface area contributed by atoms with Crippen LogP contribution in [0.2, 0.25) is 0 Å². The first-order valence-corrected chi connectivity index (χ1v) is 4.15. The Morgan fingerprint density at radius 3 is 2.77 bits per heavy atom. The summed E-state index contributed by atoms with van der Waals surface area (Å²) in [5.41, 5.74) is 2.18. The minimum Gasteiger partial charge on any atom is -0.506 e. The highest BCUT2D eigenvalue weighted by Gasteiger charge is 2.17. The van der Waals surface area contributed by atoms with Crippen LogP contribution in [0.5, 0.6) is 0 Å². The standard InChI is InChI=1S/C9H15NO3/c1-6-9(12)8(4-11)7(3-10-6)5-13-2/h10-12H,3-5H2,1-2H3. The normalized spacial score (nSPS) is 17.8. The van der Waals surface area contributed by atoms with E-state index in [0.29, 0.717) is 24.4 Å². The molecule has 0 aliphatic carbocycles. The first-order chi connectivity index (χ1) is 6.20. The predicted octanol–water partition coefficient (Wildman–Crippen LogP) is 0.314. The van der Waals surface area contributed by atoms with Crippen molar-refractivity contribution in [3.05, 3.63) is 22.6 Å². The molecule has 0 aromatic carbocycles. The van der Waals surface area contributed by atoms with E-state index < -0.39 is 0 Å². The van der Waals surface area contributed by atoms with Crippen molar-refractivity contribution in [3.8, 4) is 0 Å². The van der Waals surface area contributed by atoms with E-state index in [1.807, 2.05) is 0 Å². The minimum absolute atomic E-state index is 0.140. The van der Waals surface area contributed by atoms with Crippen molar-refractivity contribution in [2.75, 3.05) is 26.9 Å². The lowest BCUT2D eigenvalue weighted by molar-refractivity contribution is 0.218. The third kappa shape index (κ3) is 2.02. The first-order valence-electron chi connectivity index (χ1n) is 4.15. The van der Waals surface area contributed by atoms with E-state index in [-0.39, 0.29) is 12.4 Å². The third-order valence-electron chi connectivity index (χ3n) is 2.11. The highest BCUT2D eigenvalue weighted by atomic mass is 16.5. The fourth-order valence-electron chi connectivity index (χ4n) is 1.32. The molecule has 0 fully saturated rings. The van der Waals surface area contributed by atoms with E-state index in [1.165, 1.54) is 0 Å². The number of rotatable bonds is 3. The Morgan fingerprint density at radius 2 is 2.23 bits per heavy atom. The summed E-state index contributed by atoms with van der Waals surface area (Å²) >= 11 is 0. The lowest BCUT2D eigenvalue weighted by Gasteiger charge is -2.21. The maximum Gasteiger partial charge on any atom is 0.139 e. The van der Waals surface area contributed by atoms with E-state index in [9.17, 15) is 5.11 Å². The molecule has 1 rings (SSSR count). The molecule has 3 N–H and O–H groups in total. The van der Waals surface area contributed by atoms with Crippen LogP contribution in [0.1, 0.15) is 6.92 Å². The zero-order valence-electron chi connectivity index (χ0n) is 7.92. The van der Waals surface area contributed by atoms with Crippen molar-refractivity contribution in [2.24, 2.45) is 0 Å². The summed E-state index contributed by atoms with van der Waals surface area (Å²) in [6, 6.07) is 0. The molecule has 1 aliphatic rings. The van der Waals surface area contributed by atoms with Crippen molar-refractivity contribution in [1.29, 1.82) is 0 Å². The van der Waals surface area contributed by atoms with Gasteiger partial charge in [0, 0.05) is 19.2 Å². The van der Waals surface area contributed by atoms with Gasteiger partial charge < -0.3 is 20.3 Å². The molecule has 0 amide bonds. The molecule has 1 aliphatic heterocycles. The van der Waals surface area contributed by atoms with Crippen molar-refractivity contribution < 1.29 is 14.9 Å². The number of hydrogen-bond donors (Lipinski definition) is 3. The molecule has 0 radical (unpaired) electrons. The van der Waals surface area contributed by atoms with Crippen LogP contribution in [0.15, 0.2) is 22.6 Å². The maximum absolute atomic E-state index is 9.58. The third-order valence-corrected chi connectivity index (χ3v) is 2.11. The molecule has 74 valence electrons. The van der Waals surface area contributed by atoms with Gasteiger partial charge in [-0.1, -0.05) is 0 Å². The van der Waals surface area contributed by atoms with Gasteiger partial charge in [-0.2, -0.15) is 0 Å². The zero-order valence-corrected chi connectivity index (χ0v) is 7.92. The van der Waals surface area contributed by atoms with Crippen LogP contribution in [0, 0.1) is 0 Å². The summed E-state index contributed by atoms with van der Waals surface area (Å²) in [6.07, 6.45) is 0. The Hall–Kier alpha value is -1.00. The summed E-state index contributed by atoms with van der Waals surface area (Å²) in [6.45, 7) is 2.68. The molecule has 0 spiro atoms. The summed E-state index contributed by atoms with van der Waals surface area (Å²) in [5.74, 6) is 0.140. The highest BCUT2D eigenvalue weighted by molar-refractivity contribution is 5.38. The number of hydrogen-bond acceptors (Lipinski definition) is 4. The zero-order chi connectivity index (χ0) is 9.84. The lowest BCUT2D eigenvalue weighted by Crippen LogP contribution is -2.26. The molecule has 0 bridgehead atoms. The fraction of sp³-hybridized carbons (Fsp3) is 0.556. The second-order valence-electron chi connectivity index (χ2n) is 3.00. The van der Waals surface area contributed by atoms with Gasteiger partial charge in [-0.25, -0.2) is 0 Å². The largest absolute Gasteiger partial charge is 0.506 e. The SMILES string of the molecule is COCC1=C(CO)C(O)=C(C)NC1. The van der Waals surface area contributed by atoms with Crippen molar-refractivity contribution in [2.45, 2.75) is 6.92 Å². The number of ether oxygens (including phenoxy) is 1. The van der Waals surface area contributed by atoms with Crippen LogP contribution in [-0.4, -0.2) is 37.1 Å². The summed E-state index contributed by atoms with van der Waals surface area (Å²) in [7, 11) is 1.59. The summed E-state index contributed by atoms with van der Waals surface area (Å²) < 4.78 is 4.95. The van der Waals surface area contributed by atoms with Crippen molar-refractivity contribution in [3.63, 3.8) is 0 Å².